The van der Waals surface area contributed by atoms with Crippen molar-refractivity contribution in [2.24, 2.45) is 0 Å². The van der Waals surface area contributed by atoms with Crippen molar-refractivity contribution in [3.05, 3.63) is 23.8 Å². The summed E-state index contributed by atoms with van der Waals surface area (Å²) < 4.78 is 38.1. The Bertz CT molecular complexity index is 799. The number of fused-ring (bicyclic) bond motifs is 1. The largest absolute Gasteiger partial charge is 0.493 e. The van der Waals surface area contributed by atoms with E-state index < -0.39 is 10.0 Å². The molecule has 1 aromatic carbocycles. The molecule has 0 atom stereocenters. The Morgan fingerprint density at radius 3 is 2.48 bits per heavy atom. The molecule has 0 N–H and O–H groups in total. The van der Waals surface area contributed by atoms with E-state index in [1.54, 1.807) is 23.1 Å². The summed E-state index contributed by atoms with van der Waals surface area (Å²) in [7, 11) is -3.55. The quantitative estimate of drug-likeness (QED) is 0.702. The second-order valence-electron chi connectivity index (χ2n) is 7.04. The van der Waals surface area contributed by atoms with E-state index in [1.165, 1.54) is 4.31 Å². The second kappa shape index (κ2) is 7.75. The molecule has 4 rings (SSSR count). The summed E-state index contributed by atoms with van der Waals surface area (Å²) in [5.74, 6) is 0.830. The van der Waals surface area contributed by atoms with E-state index in [-0.39, 0.29) is 5.91 Å². The maximum Gasteiger partial charge on any atom is 0.243 e. The third kappa shape index (κ3) is 3.96. The number of hydrogen-bond acceptors (Lipinski definition) is 6. The highest BCUT2D eigenvalue weighted by molar-refractivity contribution is 7.89. The lowest BCUT2D eigenvalue weighted by Crippen LogP contribution is -2.53. The van der Waals surface area contributed by atoms with Crippen molar-refractivity contribution < 1.29 is 22.7 Å². The highest BCUT2D eigenvalue weighted by atomic mass is 32.2. The van der Waals surface area contributed by atoms with Crippen molar-refractivity contribution in [3.63, 3.8) is 0 Å². The molecule has 8 nitrogen and oxygen atoms in total. The van der Waals surface area contributed by atoms with Gasteiger partial charge in [-0.15, -0.1) is 0 Å². The molecule has 0 aliphatic carbocycles. The number of hydrogen-bond donors (Lipinski definition) is 0. The van der Waals surface area contributed by atoms with Crippen molar-refractivity contribution in [3.8, 4) is 5.75 Å². The SMILES string of the molecule is O=C(CN1CCOCC1)N1CCN(S(=O)(=O)c2ccc3c(c2)CCO3)CC1. The molecule has 2 fully saturated rings. The number of amides is 1. The van der Waals surface area contributed by atoms with Gasteiger partial charge in [-0.2, -0.15) is 4.31 Å². The van der Waals surface area contributed by atoms with Gasteiger partial charge in [0, 0.05) is 45.7 Å². The Morgan fingerprint density at radius 1 is 1.00 bits per heavy atom. The number of nitrogens with zero attached hydrogens (tertiary/aromatic N) is 3. The molecule has 3 aliphatic rings. The number of sulfonamides is 1. The van der Waals surface area contributed by atoms with Crippen LogP contribution >= 0.6 is 0 Å². The smallest absolute Gasteiger partial charge is 0.243 e. The number of carbonyl (C=O) groups excluding carboxylic acids is 1. The van der Waals surface area contributed by atoms with Gasteiger partial charge < -0.3 is 14.4 Å². The lowest BCUT2D eigenvalue weighted by molar-refractivity contribution is -0.134. The predicted octanol–water partition coefficient (Wildman–Crippen LogP) is -0.213. The molecule has 0 unspecified atom stereocenters. The van der Waals surface area contributed by atoms with E-state index in [1.807, 2.05) is 0 Å². The summed E-state index contributed by atoms with van der Waals surface area (Å²) in [5.41, 5.74) is 0.940. The Balaban J connectivity index is 1.36. The summed E-state index contributed by atoms with van der Waals surface area (Å²) in [6.45, 7) is 5.33. The first-order valence-corrected chi connectivity index (χ1v) is 10.8. The van der Waals surface area contributed by atoms with E-state index in [9.17, 15) is 13.2 Å². The number of rotatable bonds is 4. The molecule has 0 aromatic heterocycles. The number of ether oxygens (including phenoxy) is 2. The lowest BCUT2D eigenvalue weighted by Gasteiger charge is -2.35. The van der Waals surface area contributed by atoms with Crippen LogP contribution in [-0.4, -0.2) is 94.1 Å². The van der Waals surface area contributed by atoms with Gasteiger partial charge in [-0.25, -0.2) is 8.42 Å². The highest BCUT2D eigenvalue weighted by Crippen LogP contribution is 2.29. The summed E-state index contributed by atoms with van der Waals surface area (Å²) in [6.07, 6.45) is 0.739. The zero-order valence-corrected chi connectivity index (χ0v) is 16.1. The summed E-state index contributed by atoms with van der Waals surface area (Å²) in [5, 5.41) is 0. The number of benzene rings is 1. The minimum absolute atomic E-state index is 0.0589. The van der Waals surface area contributed by atoms with E-state index >= 15 is 0 Å². The van der Waals surface area contributed by atoms with Crippen LogP contribution in [0.1, 0.15) is 5.56 Å². The number of morpholine rings is 1. The van der Waals surface area contributed by atoms with Gasteiger partial charge in [-0.05, 0) is 23.8 Å². The van der Waals surface area contributed by atoms with Crippen LogP contribution in [0.15, 0.2) is 23.1 Å². The molecule has 0 spiro atoms. The minimum atomic E-state index is -3.55. The van der Waals surface area contributed by atoms with Gasteiger partial charge in [0.05, 0.1) is 31.3 Å². The first-order chi connectivity index (χ1) is 13.0. The van der Waals surface area contributed by atoms with Crippen molar-refractivity contribution in [1.82, 2.24) is 14.1 Å². The van der Waals surface area contributed by atoms with Gasteiger partial charge in [0.2, 0.25) is 15.9 Å². The van der Waals surface area contributed by atoms with Crippen molar-refractivity contribution in [2.75, 3.05) is 65.6 Å². The van der Waals surface area contributed by atoms with Crippen LogP contribution in [-0.2, 0) is 26.0 Å². The van der Waals surface area contributed by atoms with E-state index in [0.29, 0.717) is 57.4 Å². The van der Waals surface area contributed by atoms with Crippen LogP contribution in [0.2, 0.25) is 0 Å². The van der Waals surface area contributed by atoms with Crippen molar-refractivity contribution in [2.45, 2.75) is 11.3 Å². The molecular formula is C18H25N3O5S. The van der Waals surface area contributed by atoms with Crippen LogP contribution < -0.4 is 4.74 Å². The average Bonchev–Trinajstić information content (AvgIpc) is 3.17. The minimum Gasteiger partial charge on any atom is -0.493 e. The van der Waals surface area contributed by atoms with Crippen LogP contribution in [0.4, 0.5) is 0 Å². The molecule has 148 valence electrons. The lowest BCUT2D eigenvalue weighted by atomic mass is 10.2. The third-order valence-corrected chi connectivity index (χ3v) is 7.25. The first-order valence-electron chi connectivity index (χ1n) is 9.38. The Kier molecular flexibility index (Phi) is 5.36. The van der Waals surface area contributed by atoms with Gasteiger partial charge in [0.1, 0.15) is 5.75 Å². The van der Waals surface area contributed by atoms with E-state index in [2.05, 4.69) is 4.90 Å². The van der Waals surface area contributed by atoms with Gasteiger partial charge in [0.15, 0.2) is 0 Å². The fourth-order valence-electron chi connectivity index (χ4n) is 3.70. The van der Waals surface area contributed by atoms with E-state index in [4.69, 9.17) is 9.47 Å². The van der Waals surface area contributed by atoms with Crippen LogP contribution in [0, 0.1) is 0 Å². The van der Waals surface area contributed by atoms with Crippen molar-refractivity contribution >= 4 is 15.9 Å². The zero-order chi connectivity index (χ0) is 18.9. The van der Waals surface area contributed by atoms with Crippen molar-refractivity contribution in [1.29, 1.82) is 0 Å². The summed E-state index contributed by atoms with van der Waals surface area (Å²) in [6, 6.07) is 5.06. The molecule has 0 saturated carbocycles. The maximum absolute atomic E-state index is 12.9. The predicted molar refractivity (Wildman–Crippen MR) is 98.2 cm³/mol. The number of carbonyl (C=O) groups is 1. The molecule has 3 heterocycles. The van der Waals surface area contributed by atoms with Gasteiger partial charge in [-0.1, -0.05) is 0 Å². The molecule has 0 bridgehead atoms. The van der Waals surface area contributed by atoms with Gasteiger partial charge in [-0.3, -0.25) is 9.69 Å². The first kappa shape index (κ1) is 18.7. The normalized spacial score (nSPS) is 21.7. The monoisotopic (exact) mass is 395 g/mol. The standard InChI is InChI=1S/C18H25N3O5S/c22-18(14-19-8-11-25-12-9-19)20-4-6-21(7-5-20)27(23,24)16-1-2-17-15(13-16)3-10-26-17/h1-2,13H,3-12,14H2. The van der Waals surface area contributed by atoms with Crippen LogP contribution in [0.3, 0.4) is 0 Å². The zero-order valence-electron chi connectivity index (χ0n) is 15.3. The Labute approximate surface area is 159 Å². The molecule has 27 heavy (non-hydrogen) atoms. The van der Waals surface area contributed by atoms with Crippen LogP contribution in [0.5, 0.6) is 5.75 Å². The fourth-order valence-corrected chi connectivity index (χ4v) is 5.17. The Morgan fingerprint density at radius 2 is 1.74 bits per heavy atom. The second-order valence-corrected chi connectivity index (χ2v) is 8.98. The third-order valence-electron chi connectivity index (χ3n) is 5.35. The van der Waals surface area contributed by atoms with E-state index in [0.717, 1.165) is 30.8 Å². The molecule has 0 radical (unpaired) electrons. The fraction of sp³-hybridized carbons (Fsp3) is 0.611. The Hall–Kier alpha value is -1.68. The molecule has 1 amide bonds. The molecule has 9 heteroatoms. The molecule has 1 aromatic rings. The molecule has 2 saturated heterocycles. The highest BCUT2D eigenvalue weighted by Gasteiger charge is 2.31. The summed E-state index contributed by atoms with van der Waals surface area (Å²) in [4.78, 5) is 16.6. The maximum atomic E-state index is 12.9. The van der Waals surface area contributed by atoms with Crippen LogP contribution in [0.25, 0.3) is 0 Å². The van der Waals surface area contributed by atoms with Gasteiger partial charge >= 0.3 is 0 Å². The number of piperazine rings is 1. The average molecular weight is 395 g/mol. The molecular weight excluding hydrogens is 370 g/mol. The topological polar surface area (TPSA) is 79.4 Å². The summed E-state index contributed by atoms with van der Waals surface area (Å²) >= 11 is 0. The van der Waals surface area contributed by atoms with Gasteiger partial charge in [0.25, 0.3) is 0 Å². The molecule has 3 aliphatic heterocycles.